The van der Waals surface area contributed by atoms with Crippen molar-refractivity contribution in [2.75, 3.05) is 13.2 Å². The summed E-state index contributed by atoms with van der Waals surface area (Å²) in [5, 5.41) is 18.4. The Balaban J connectivity index is 2.07. The Labute approximate surface area is 127 Å². The van der Waals surface area contributed by atoms with Gasteiger partial charge in [0.15, 0.2) is 0 Å². The van der Waals surface area contributed by atoms with Crippen molar-refractivity contribution in [1.29, 1.82) is 0 Å². The van der Waals surface area contributed by atoms with Crippen molar-refractivity contribution >= 4 is 27.3 Å². The fourth-order valence-corrected chi connectivity index (χ4v) is 4.94. The van der Waals surface area contributed by atoms with Crippen molar-refractivity contribution < 1.29 is 23.4 Å². The third-order valence-electron chi connectivity index (χ3n) is 3.94. The lowest BCUT2D eigenvalue weighted by molar-refractivity contribution is 0.0702. The van der Waals surface area contributed by atoms with E-state index in [4.69, 9.17) is 5.11 Å². The third kappa shape index (κ3) is 3.82. The SMILES string of the molecule is O=C(O)c1ccc(S(=O)(=O)NCC2(CO)CCCCC2)s1. The Kier molecular flexibility index (Phi) is 5.03. The topological polar surface area (TPSA) is 104 Å². The molecule has 1 heterocycles. The molecule has 118 valence electrons. The lowest BCUT2D eigenvalue weighted by atomic mass is 9.75. The van der Waals surface area contributed by atoms with Crippen molar-refractivity contribution in [2.45, 2.75) is 36.3 Å². The van der Waals surface area contributed by atoms with Crippen LogP contribution in [0.5, 0.6) is 0 Å². The first kappa shape index (κ1) is 16.4. The number of aliphatic hydroxyl groups is 1. The van der Waals surface area contributed by atoms with E-state index in [-0.39, 0.29) is 22.2 Å². The van der Waals surface area contributed by atoms with Gasteiger partial charge in [0.2, 0.25) is 10.0 Å². The van der Waals surface area contributed by atoms with Gasteiger partial charge in [-0.2, -0.15) is 0 Å². The molecule has 8 heteroatoms. The Morgan fingerprint density at radius 1 is 1.29 bits per heavy atom. The van der Waals surface area contributed by atoms with Crippen molar-refractivity contribution in [2.24, 2.45) is 5.41 Å². The van der Waals surface area contributed by atoms with Crippen LogP contribution in [0.15, 0.2) is 16.3 Å². The molecule has 0 spiro atoms. The molecule has 0 radical (unpaired) electrons. The predicted molar refractivity (Wildman–Crippen MR) is 79.1 cm³/mol. The quantitative estimate of drug-likeness (QED) is 0.734. The van der Waals surface area contributed by atoms with Gasteiger partial charge in [0.1, 0.15) is 9.09 Å². The molecular formula is C13H19NO5S2. The zero-order valence-corrected chi connectivity index (χ0v) is 13.2. The summed E-state index contributed by atoms with van der Waals surface area (Å²) in [5.41, 5.74) is -0.391. The van der Waals surface area contributed by atoms with Gasteiger partial charge in [-0.3, -0.25) is 0 Å². The summed E-state index contributed by atoms with van der Waals surface area (Å²) in [5.74, 6) is -1.14. The molecule has 0 aliphatic heterocycles. The number of aromatic carboxylic acids is 1. The number of hydrogen-bond donors (Lipinski definition) is 3. The van der Waals surface area contributed by atoms with Crippen LogP contribution in [0.4, 0.5) is 0 Å². The van der Waals surface area contributed by atoms with Crippen molar-refractivity contribution in [3.63, 3.8) is 0 Å². The predicted octanol–water partition coefficient (Wildman–Crippen LogP) is 1.67. The van der Waals surface area contributed by atoms with Crippen LogP contribution in [-0.2, 0) is 10.0 Å². The van der Waals surface area contributed by atoms with E-state index in [0.717, 1.165) is 43.4 Å². The van der Waals surface area contributed by atoms with Crippen molar-refractivity contribution in [1.82, 2.24) is 4.72 Å². The Hall–Kier alpha value is -0.960. The zero-order valence-electron chi connectivity index (χ0n) is 11.5. The van der Waals surface area contributed by atoms with E-state index >= 15 is 0 Å². The van der Waals surface area contributed by atoms with Gasteiger partial charge in [-0.1, -0.05) is 19.3 Å². The van der Waals surface area contributed by atoms with E-state index < -0.39 is 21.4 Å². The molecule has 2 rings (SSSR count). The Morgan fingerprint density at radius 2 is 1.95 bits per heavy atom. The molecule has 0 amide bonds. The fraction of sp³-hybridized carbons (Fsp3) is 0.615. The van der Waals surface area contributed by atoms with Crippen molar-refractivity contribution in [3.05, 3.63) is 17.0 Å². The fourth-order valence-electron chi connectivity index (χ4n) is 2.59. The summed E-state index contributed by atoms with van der Waals surface area (Å²) in [4.78, 5) is 10.8. The maximum absolute atomic E-state index is 12.2. The summed E-state index contributed by atoms with van der Waals surface area (Å²) in [6, 6.07) is 2.58. The van der Waals surface area contributed by atoms with Gasteiger partial charge in [0.05, 0.1) is 0 Å². The molecular weight excluding hydrogens is 314 g/mol. The van der Waals surface area contributed by atoms with E-state index in [1.54, 1.807) is 0 Å². The monoisotopic (exact) mass is 333 g/mol. The van der Waals surface area contributed by atoms with Crippen LogP contribution in [0.1, 0.15) is 41.8 Å². The number of thiophene rings is 1. The van der Waals surface area contributed by atoms with Crippen LogP contribution in [0.25, 0.3) is 0 Å². The van der Waals surface area contributed by atoms with Crippen molar-refractivity contribution in [3.8, 4) is 0 Å². The highest BCUT2D eigenvalue weighted by molar-refractivity contribution is 7.91. The summed E-state index contributed by atoms with van der Waals surface area (Å²) in [6.45, 7) is 0.145. The highest BCUT2D eigenvalue weighted by atomic mass is 32.2. The summed E-state index contributed by atoms with van der Waals surface area (Å²) in [6.07, 6.45) is 4.70. The van der Waals surface area contributed by atoms with Gasteiger partial charge in [-0.15, -0.1) is 11.3 Å². The summed E-state index contributed by atoms with van der Waals surface area (Å²) in [7, 11) is -3.73. The molecule has 1 aromatic heterocycles. The summed E-state index contributed by atoms with van der Waals surface area (Å²) < 4.78 is 26.9. The van der Waals surface area contributed by atoms with Crippen LogP contribution in [0.3, 0.4) is 0 Å². The average molecular weight is 333 g/mol. The van der Waals surface area contributed by atoms with E-state index in [0.29, 0.717) is 0 Å². The van der Waals surface area contributed by atoms with Gasteiger partial charge in [0, 0.05) is 18.6 Å². The molecule has 0 bridgehead atoms. The molecule has 1 saturated carbocycles. The number of carboxylic acids is 1. The molecule has 0 saturated heterocycles. The Morgan fingerprint density at radius 3 is 2.48 bits per heavy atom. The second kappa shape index (κ2) is 6.43. The zero-order chi connectivity index (χ0) is 15.5. The minimum Gasteiger partial charge on any atom is -0.477 e. The van der Waals surface area contributed by atoms with Crippen LogP contribution in [0, 0.1) is 5.41 Å². The lowest BCUT2D eigenvalue weighted by Crippen LogP contribution is -2.41. The minimum atomic E-state index is -3.73. The van der Waals surface area contributed by atoms with Crippen LogP contribution in [0.2, 0.25) is 0 Å². The third-order valence-corrected chi connectivity index (χ3v) is 6.91. The normalized spacial score (nSPS) is 18.5. The van der Waals surface area contributed by atoms with Gasteiger partial charge >= 0.3 is 5.97 Å². The first-order valence-corrected chi connectivity index (χ1v) is 9.12. The van der Waals surface area contributed by atoms with Crippen LogP contribution < -0.4 is 4.72 Å². The average Bonchev–Trinajstić information content (AvgIpc) is 2.97. The molecule has 0 aromatic carbocycles. The number of aliphatic hydroxyl groups excluding tert-OH is 1. The first-order valence-electron chi connectivity index (χ1n) is 6.82. The van der Waals surface area contributed by atoms with E-state index in [1.807, 2.05) is 0 Å². The minimum absolute atomic E-state index is 0.00934. The summed E-state index contributed by atoms with van der Waals surface area (Å²) >= 11 is 0.729. The smallest absolute Gasteiger partial charge is 0.345 e. The number of hydrogen-bond acceptors (Lipinski definition) is 5. The second-order valence-electron chi connectivity index (χ2n) is 5.47. The second-order valence-corrected chi connectivity index (χ2v) is 8.54. The molecule has 0 atom stereocenters. The maximum Gasteiger partial charge on any atom is 0.345 e. The molecule has 1 fully saturated rings. The molecule has 21 heavy (non-hydrogen) atoms. The van der Waals surface area contributed by atoms with Gasteiger partial charge < -0.3 is 10.2 Å². The first-order chi connectivity index (χ1) is 9.88. The molecule has 1 aliphatic rings. The number of carboxylic acid groups (broad SMARTS) is 1. The molecule has 6 nitrogen and oxygen atoms in total. The van der Waals surface area contributed by atoms with E-state index in [9.17, 15) is 18.3 Å². The molecule has 3 N–H and O–H groups in total. The van der Waals surface area contributed by atoms with E-state index in [1.165, 1.54) is 12.1 Å². The Bertz CT molecular complexity index is 602. The number of nitrogens with one attached hydrogen (secondary N) is 1. The number of sulfonamides is 1. The molecule has 0 unspecified atom stereocenters. The maximum atomic E-state index is 12.2. The lowest BCUT2D eigenvalue weighted by Gasteiger charge is -2.35. The number of carbonyl (C=O) groups is 1. The van der Waals surface area contributed by atoms with Crippen LogP contribution in [-0.4, -0.2) is 37.8 Å². The molecule has 1 aliphatic carbocycles. The van der Waals surface area contributed by atoms with E-state index in [2.05, 4.69) is 4.72 Å². The van der Waals surface area contributed by atoms with Gasteiger partial charge in [-0.05, 0) is 25.0 Å². The van der Waals surface area contributed by atoms with Gasteiger partial charge in [-0.25, -0.2) is 17.9 Å². The van der Waals surface area contributed by atoms with Gasteiger partial charge in [0.25, 0.3) is 0 Å². The highest BCUT2D eigenvalue weighted by Gasteiger charge is 2.33. The van der Waals surface area contributed by atoms with Crippen LogP contribution >= 0.6 is 11.3 Å². The standard InChI is InChI=1S/C13H19NO5S2/c15-9-13(6-2-1-3-7-13)8-14-21(18,19)11-5-4-10(20-11)12(16)17/h4-5,14-15H,1-3,6-9H2,(H,16,17). The largest absolute Gasteiger partial charge is 0.477 e. The molecule has 1 aromatic rings. The number of rotatable bonds is 6. The highest BCUT2D eigenvalue weighted by Crippen LogP contribution is 2.35.